The molecule has 0 bridgehead atoms. The van der Waals surface area contributed by atoms with Crippen LogP contribution in [0.4, 0.5) is 0 Å². The first-order chi connectivity index (χ1) is 3.55. The summed E-state index contributed by atoms with van der Waals surface area (Å²) in [4.78, 5) is 9.78. The van der Waals surface area contributed by atoms with Gasteiger partial charge in [0.1, 0.15) is 4.49 Å². The van der Waals surface area contributed by atoms with Crippen molar-refractivity contribution in [2.45, 2.75) is 0 Å². The van der Waals surface area contributed by atoms with E-state index in [0.717, 1.165) is 0 Å². The second-order valence-electron chi connectivity index (χ2n) is 0.880. The minimum Gasteiger partial charge on any atom is -0.477 e. The van der Waals surface area contributed by atoms with Crippen LogP contribution in [0.5, 0.6) is 0 Å². The zero-order valence-electron chi connectivity index (χ0n) is 3.90. The highest BCUT2D eigenvalue weighted by molar-refractivity contribution is 6.62. The van der Waals surface area contributed by atoms with E-state index in [2.05, 4.69) is 0 Å². The van der Waals surface area contributed by atoms with Crippen molar-refractivity contribution in [2.75, 3.05) is 0 Å². The fourth-order valence-electron chi connectivity index (χ4n) is 0.0808. The number of hydrogen-bond donors (Lipinski definition) is 1. The summed E-state index contributed by atoms with van der Waals surface area (Å²) >= 11 is 14.9. The Kier molecular flexibility index (Phi) is 6.95. The van der Waals surface area contributed by atoms with Crippen LogP contribution in [0.2, 0.25) is 0 Å². The number of aliphatic carboxylic acids is 1. The van der Waals surface area contributed by atoms with Gasteiger partial charge in [-0.25, -0.2) is 4.79 Å². The molecular weight excluding hydrogens is 210 g/mol. The Morgan fingerprint density at radius 1 is 1.22 bits per heavy atom. The van der Waals surface area contributed by atoms with Crippen molar-refractivity contribution in [3.8, 4) is 0 Å². The summed E-state index contributed by atoms with van der Waals surface area (Å²) in [5.41, 5.74) is 0. The molecule has 0 rings (SSSR count). The molecule has 1 N–H and O–H groups in total. The molecule has 6 heteroatoms. The highest BCUT2D eigenvalue weighted by atomic mass is 35.5. The standard InChI is InChI=1S/C3HCl3O2.ClH/c4-1(2(5)6)3(7)8;/h(H,7,8);1H. The average Bonchev–Trinajstić information content (AvgIpc) is 1.64. The molecule has 0 saturated heterocycles. The molecule has 0 unspecified atom stereocenters. The second-order valence-corrected chi connectivity index (χ2v) is 2.21. The van der Waals surface area contributed by atoms with Crippen molar-refractivity contribution < 1.29 is 9.90 Å². The second kappa shape index (κ2) is 5.18. The highest BCUT2D eigenvalue weighted by Crippen LogP contribution is 2.16. The van der Waals surface area contributed by atoms with Crippen molar-refractivity contribution in [3.63, 3.8) is 0 Å². The monoisotopic (exact) mass is 210 g/mol. The molecule has 2 nitrogen and oxygen atoms in total. The fourth-order valence-corrected chi connectivity index (χ4v) is 0.243. The van der Waals surface area contributed by atoms with Gasteiger partial charge in [0.05, 0.1) is 0 Å². The first kappa shape index (κ1) is 12.1. The van der Waals surface area contributed by atoms with E-state index in [1.165, 1.54) is 0 Å². The molecule has 0 heterocycles. The van der Waals surface area contributed by atoms with Gasteiger partial charge < -0.3 is 5.11 Å². The smallest absolute Gasteiger partial charge is 0.349 e. The summed E-state index contributed by atoms with van der Waals surface area (Å²) in [5.74, 6) is -1.33. The molecule has 54 valence electrons. The molecule has 0 atom stereocenters. The Labute approximate surface area is 72.8 Å². The van der Waals surface area contributed by atoms with Gasteiger partial charge in [-0.15, -0.1) is 12.4 Å². The van der Waals surface area contributed by atoms with Crippen molar-refractivity contribution >= 4 is 53.2 Å². The number of carboxylic acids is 1. The first-order valence-electron chi connectivity index (χ1n) is 1.49. The van der Waals surface area contributed by atoms with Gasteiger partial charge in [0.15, 0.2) is 5.03 Å². The quantitative estimate of drug-likeness (QED) is 0.677. The molecule has 0 saturated carbocycles. The van der Waals surface area contributed by atoms with Gasteiger partial charge in [0, 0.05) is 0 Å². The van der Waals surface area contributed by atoms with Crippen LogP contribution < -0.4 is 0 Å². The summed E-state index contributed by atoms with van der Waals surface area (Å²) < 4.78 is -0.431. The molecule has 0 aliphatic carbocycles. The number of hydrogen-bond acceptors (Lipinski definition) is 1. The van der Waals surface area contributed by atoms with E-state index < -0.39 is 15.5 Å². The maximum atomic E-state index is 9.78. The van der Waals surface area contributed by atoms with Gasteiger partial charge in [-0.2, -0.15) is 0 Å². The van der Waals surface area contributed by atoms with Crippen LogP contribution in [0.25, 0.3) is 0 Å². The number of carboxylic acid groups (broad SMARTS) is 1. The lowest BCUT2D eigenvalue weighted by molar-refractivity contribution is -0.131. The summed E-state index contributed by atoms with van der Waals surface area (Å²) in [6.45, 7) is 0. The van der Waals surface area contributed by atoms with E-state index >= 15 is 0 Å². The highest BCUT2D eigenvalue weighted by Gasteiger charge is 2.06. The number of carbonyl (C=O) groups is 1. The van der Waals surface area contributed by atoms with E-state index in [9.17, 15) is 4.79 Å². The molecule has 0 aromatic carbocycles. The first-order valence-corrected chi connectivity index (χ1v) is 2.63. The molecule has 0 amide bonds. The summed E-state index contributed by atoms with van der Waals surface area (Å²) in [6, 6.07) is 0. The maximum Gasteiger partial charge on any atom is 0.349 e. The third-order valence-corrected chi connectivity index (χ3v) is 1.28. The van der Waals surface area contributed by atoms with Crippen molar-refractivity contribution in [1.29, 1.82) is 0 Å². The third-order valence-electron chi connectivity index (χ3n) is 0.354. The fraction of sp³-hybridized carbons (Fsp3) is 0. The van der Waals surface area contributed by atoms with Crippen molar-refractivity contribution in [3.05, 3.63) is 9.52 Å². The molecule has 0 fully saturated rings. The molecular formula is C3H2Cl4O2. The predicted molar refractivity (Wildman–Crippen MR) is 39.5 cm³/mol. The molecule has 0 aromatic heterocycles. The van der Waals surface area contributed by atoms with Crippen LogP contribution in [0.15, 0.2) is 9.52 Å². The molecule has 0 radical (unpaired) electrons. The number of halogens is 4. The lowest BCUT2D eigenvalue weighted by atomic mass is 10.7. The Bertz CT molecular complexity index is 137. The van der Waals surface area contributed by atoms with E-state index in [1.54, 1.807) is 0 Å². The van der Waals surface area contributed by atoms with Crippen LogP contribution in [-0.4, -0.2) is 11.1 Å². The van der Waals surface area contributed by atoms with Crippen LogP contribution in [-0.2, 0) is 4.79 Å². The minimum absolute atomic E-state index is 0. The third kappa shape index (κ3) is 4.85. The van der Waals surface area contributed by atoms with Gasteiger partial charge in [0.25, 0.3) is 0 Å². The topological polar surface area (TPSA) is 37.3 Å². The van der Waals surface area contributed by atoms with E-state index in [1.807, 2.05) is 0 Å². The lowest BCUT2D eigenvalue weighted by Gasteiger charge is -1.85. The van der Waals surface area contributed by atoms with Gasteiger partial charge in [-0.3, -0.25) is 0 Å². The Morgan fingerprint density at radius 3 is 1.56 bits per heavy atom. The molecule has 0 spiro atoms. The van der Waals surface area contributed by atoms with Crippen LogP contribution in [0.1, 0.15) is 0 Å². The van der Waals surface area contributed by atoms with E-state index in [0.29, 0.717) is 0 Å². The SMILES string of the molecule is Cl.O=C(O)C(Cl)=C(Cl)Cl. The van der Waals surface area contributed by atoms with Crippen molar-refractivity contribution in [2.24, 2.45) is 0 Å². The van der Waals surface area contributed by atoms with Gasteiger partial charge in [-0.1, -0.05) is 34.8 Å². The summed E-state index contributed by atoms with van der Waals surface area (Å²) in [5, 5.41) is 7.43. The Balaban J connectivity index is 0. The molecule has 0 aliphatic rings. The lowest BCUT2D eigenvalue weighted by Crippen LogP contribution is -1.93. The van der Waals surface area contributed by atoms with Crippen LogP contribution >= 0.6 is 47.2 Å². The van der Waals surface area contributed by atoms with E-state index in [-0.39, 0.29) is 12.4 Å². The molecule has 0 aromatic rings. The van der Waals surface area contributed by atoms with Crippen LogP contribution in [0.3, 0.4) is 0 Å². The predicted octanol–water partition coefficient (Wildman–Crippen LogP) is 2.38. The minimum atomic E-state index is -1.33. The largest absolute Gasteiger partial charge is 0.477 e. The summed E-state index contributed by atoms with van der Waals surface area (Å²) in [6.07, 6.45) is 0. The van der Waals surface area contributed by atoms with Gasteiger partial charge >= 0.3 is 5.97 Å². The number of rotatable bonds is 1. The maximum absolute atomic E-state index is 9.78. The zero-order valence-corrected chi connectivity index (χ0v) is 6.98. The Morgan fingerprint density at radius 2 is 1.56 bits per heavy atom. The summed E-state index contributed by atoms with van der Waals surface area (Å²) in [7, 11) is 0. The van der Waals surface area contributed by atoms with Crippen molar-refractivity contribution in [1.82, 2.24) is 0 Å². The van der Waals surface area contributed by atoms with Gasteiger partial charge in [-0.05, 0) is 0 Å². The Hall–Kier alpha value is 0.370. The molecule has 9 heavy (non-hydrogen) atoms. The normalized spacial score (nSPS) is 7.44. The molecule has 0 aliphatic heterocycles. The van der Waals surface area contributed by atoms with Crippen LogP contribution in [0, 0.1) is 0 Å². The average molecular weight is 212 g/mol. The zero-order chi connectivity index (χ0) is 6.73. The van der Waals surface area contributed by atoms with E-state index in [4.69, 9.17) is 39.9 Å². The van der Waals surface area contributed by atoms with Gasteiger partial charge in [0.2, 0.25) is 0 Å².